The smallest absolute Gasteiger partial charge is 0.480 e. The minimum absolute atomic E-state index is 0.164. The predicted molar refractivity (Wildman–Crippen MR) is 55.1 cm³/mol. The van der Waals surface area contributed by atoms with Crippen LogP contribution in [0.3, 0.4) is 0 Å². The average molecular weight is 333 g/mol. The Morgan fingerprint density at radius 1 is 1.33 bits per heavy atom. The molecule has 13 heteroatoms. The highest BCUT2D eigenvalue weighted by molar-refractivity contribution is 7.87. The van der Waals surface area contributed by atoms with E-state index in [1.807, 2.05) is 0 Å². The number of amides is 2. The number of hydrogen-bond donors (Lipinski definition) is 2. The third-order valence-corrected chi connectivity index (χ3v) is 3.22. The number of rotatable bonds is 3. The van der Waals surface area contributed by atoms with E-state index in [0.29, 0.717) is 0 Å². The maximum absolute atomic E-state index is 12.1. The molecule has 1 atom stereocenters. The molecule has 1 aliphatic rings. The van der Waals surface area contributed by atoms with Crippen LogP contribution in [0.25, 0.3) is 0 Å². The Bertz CT molecular complexity index is 622. The number of carbonyl (C=O) groups is 3. The molecular weight excluding hydrogens is 327 g/mol. The van der Waals surface area contributed by atoms with Crippen LogP contribution in [0.15, 0.2) is 11.8 Å². The molecule has 9 nitrogen and oxygen atoms in total. The van der Waals surface area contributed by atoms with Crippen molar-refractivity contribution in [2.45, 2.75) is 18.0 Å². The standard InChI is InChI=1S/C8H6F3NO8S/c9-8(10,11)21(18,19)20-3-1-4(6(14)15)12(7(16)17)5(13)2-3/h2,4H,1H2,(H,14,15)(H,16,17)/t4-/m0/s1. The van der Waals surface area contributed by atoms with Crippen LogP contribution in [0, 0.1) is 0 Å². The molecular formula is C8H6F3NO8S. The van der Waals surface area contributed by atoms with Crippen molar-refractivity contribution in [3.05, 3.63) is 11.8 Å². The Hall–Kier alpha value is -2.31. The van der Waals surface area contributed by atoms with Gasteiger partial charge in [-0.25, -0.2) is 14.5 Å². The van der Waals surface area contributed by atoms with Crippen LogP contribution in [0.2, 0.25) is 0 Å². The number of nitrogens with zero attached hydrogens (tertiary/aromatic N) is 1. The fourth-order valence-corrected chi connectivity index (χ4v) is 1.87. The van der Waals surface area contributed by atoms with E-state index < -0.39 is 51.8 Å². The molecule has 1 aliphatic heterocycles. The molecule has 0 fully saturated rings. The zero-order valence-corrected chi connectivity index (χ0v) is 10.5. The lowest BCUT2D eigenvalue weighted by atomic mass is 10.1. The SMILES string of the molecule is O=C(O)[C@@H]1CC(OS(=O)(=O)C(F)(F)F)=CC(=O)N1C(=O)O. The summed E-state index contributed by atoms with van der Waals surface area (Å²) in [5.41, 5.74) is -5.78. The van der Waals surface area contributed by atoms with Crippen molar-refractivity contribution in [3.63, 3.8) is 0 Å². The summed E-state index contributed by atoms with van der Waals surface area (Å²) >= 11 is 0. The zero-order valence-electron chi connectivity index (χ0n) is 9.70. The summed E-state index contributed by atoms with van der Waals surface area (Å²) in [4.78, 5) is 32.7. The van der Waals surface area contributed by atoms with Gasteiger partial charge in [0, 0.05) is 12.5 Å². The van der Waals surface area contributed by atoms with Gasteiger partial charge in [-0.1, -0.05) is 0 Å². The summed E-state index contributed by atoms with van der Waals surface area (Å²) in [6, 6.07) is -2.10. The van der Waals surface area contributed by atoms with Crippen LogP contribution in [0.1, 0.15) is 6.42 Å². The average Bonchev–Trinajstić information content (AvgIpc) is 2.24. The highest BCUT2D eigenvalue weighted by atomic mass is 32.2. The van der Waals surface area contributed by atoms with Gasteiger partial charge in [0.25, 0.3) is 5.91 Å². The quantitative estimate of drug-likeness (QED) is 0.548. The molecule has 2 amide bonds. The molecule has 0 unspecified atom stereocenters. The summed E-state index contributed by atoms with van der Waals surface area (Å²) in [5, 5.41) is 17.4. The topological polar surface area (TPSA) is 138 Å². The predicted octanol–water partition coefficient (Wildman–Crippen LogP) is 0.100. The van der Waals surface area contributed by atoms with Crippen molar-refractivity contribution in [1.29, 1.82) is 0 Å². The number of hydrogen-bond acceptors (Lipinski definition) is 6. The molecule has 1 heterocycles. The highest BCUT2D eigenvalue weighted by Crippen LogP contribution is 2.29. The number of carboxylic acid groups (broad SMARTS) is 2. The van der Waals surface area contributed by atoms with Gasteiger partial charge in [0.1, 0.15) is 11.8 Å². The van der Waals surface area contributed by atoms with Gasteiger partial charge in [-0.3, -0.25) is 4.79 Å². The maximum Gasteiger partial charge on any atom is 0.534 e. The van der Waals surface area contributed by atoms with E-state index in [4.69, 9.17) is 10.2 Å². The largest absolute Gasteiger partial charge is 0.534 e. The van der Waals surface area contributed by atoms with E-state index in [9.17, 15) is 36.0 Å². The second-order valence-electron chi connectivity index (χ2n) is 3.64. The van der Waals surface area contributed by atoms with E-state index in [2.05, 4.69) is 4.18 Å². The lowest BCUT2D eigenvalue weighted by Gasteiger charge is -2.27. The normalized spacial score (nSPS) is 20.0. The Balaban J connectivity index is 3.13. The minimum atomic E-state index is -6.09. The van der Waals surface area contributed by atoms with Crippen LogP contribution in [0.4, 0.5) is 18.0 Å². The molecule has 21 heavy (non-hydrogen) atoms. The number of carboxylic acids is 1. The number of carbonyl (C=O) groups excluding carboxylic acids is 1. The Kier molecular flexibility index (Phi) is 4.17. The monoisotopic (exact) mass is 333 g/mol. The van der Waals surface area contributed by atoms with E-state index in [-0.39, 0.29) is 11.0 Å². The van der Waals surface area contributed by atoms with Gasteiger partial charge in [0.05, 0.1) is 0 Å². The Morgan fingerprint density at radius 2 is 1.86 bits per heavy atom. The van der Waals surface area contributed by atoms with Gasteiger partial charge in [-0.05, 0) is 0 Å². The fourth-order valence-electron chi connectivity index (χ4n) is 1.37. The molecule has 0 bridgehead atoms. The highest BCUT2D eigenvalue weighted by Gasteiger charge is 2.50. The molecule has 0 saturated heterocycles. The van der Waals surface area contributed by atoms with Gasteiger partial charge >= 0.3 is 27.7 Å². The van der Waals surface area contributed by atoms with Gasteiger partial charge in [0.15, 0.2) is 0 Å². The number of halogens is 3. The number of alkyl halides is 3. The molecule has 118 valence electrons. The summed E-state index contributed by atoms with van der Waals surface area (Å²) in [7, 11) is -6.09. The van der Waals surface area contributed by atoms with Crippen LogP contribution < -0.4 is 0 Å². The molecule has 2 N–H and O–H groups in total. The first-order chi connectivity index (χ1) is 9.36. The van der Waals surface area contributed by atoms with Crippen molar-refractivity contribution in [2.75, 3.05) is 0 Å². The van der Waals surface area contributed by atoms with Crippen molar-refractivity contribution in [3.8, 4) is 0 Å². The Labute approximate surface area is 114 Å². The van der Waals surface area contributed by atoms with E-state index in [0.717, 1.165) is 0 Å². The van der Waals surface area contributed by atoms with Gasteiger partial charge in [-0.2, -0.15) is 21.6 Å². The maximum atomic E-state index is 12.1. The summed E-state index contributed by atoms with van der Waals surface area (Å²) in [6.45, 7) is 0. The second kappa shape index (κ2) is 5.23. The molecule has 0 aromatic heterocycles. The molecule has 0 aromatic carbocycles. The zero-order chi connectivity index (χ0) is 16.6. The molecule has 0 spiro atoms. The van der Waals surface area contributed by atoms with Crippen molar-refractivity contribution in [2.24, 2.45) is 0 Å². The Morgan fingerprint density at radius 3 is 2.24 bits per heavy atom. The van der Waals surface area contributed by atoms with E-state index in [1.54, 1.807) is 0 Å². The van der Waals surface area contributed by atoms with Crippen LogP contribution in [-0.2, 0) is 23.9 Å². The lowest BCUT2D eigenvalue weighted by Crippen LogP contribution is -2.50. The third-order valence-electron chi connectivity index (χ3n) is 2.22. The molecule has 1 rings (SSSR count). The number of imide groups is 1. The van der Waals surface area contributed by atoms with Crippen LogP contribution in [0.5, 0.6) is 0 Å². The van der Waals surface area contributed by atoms with Crippen LogP contribution >= 0.6 is 0 Å². The minimum Gasteiger partial charge on any atom is -0.480 e. The summed E-state index contributed by atoms with van der Waals surface area (Å²) in [6.07, 6.45) is -2.85. The fraction of sp³-hybridized carbons (Fsp3) is 0.375. The first-order valence-electron chi connectivity index (χ1n) is 4.87. The van der Waals surface area contributed by atoms with Gasteiger partial charge in [0.2, 0.25) is 0 Å². The molecule has 0 aromatic rings. The molecule has 0 saturated carbocycles. The van der Waals surface area contributed by atoms with Gasteiger partial charge < -0.3 is 14.4 Å². The summed E-state index contributed by atoms with van der Waals surface area (Å²) in [5.74, 6) is -4.51. The first kappa shape index (κ1) is 16.7. The van der Waals surface area contributed by atoms with Crippen molar-refractivity contribution >= 4 is 28.1 Å². The second-order valence-corrected chi connectivity index (χ2v) is 5.18. The van der Waals surface area contributed by atoms with Crippen molar-refractivity contribution in [1.82, 2.24) is 4.90 Å². The summed E-state index contributed by atoms with van der Waals surface area (Å²) < 4.78 is 61.4. The number of aliphatic carboxylic acids is 1. The van der Waals surface area contributed by atoms with Crippen LogP contribution in [-0.4, -0.2) is 53.1 Å². The van der Waals surface area contributed by atoms with Gasteiger partial charge in [-0.15, -0.1) is 0 Å². The van der Waals surface area contributed by atoms with E-state index in [1.165, 1.54) is 0 Å². The first-order valence-corrected chi connectivity index (χ1v) is 6.28. The molecule has 0 radical (unpaired) electrons. The van der Waals surface area contributed by atoms with Crippen molar-refractivity contribution < 1.29 is 50.4 Å². The van der Waals surface area contributed by atoms with E-state index >= 15 is 0 Å². The third kappa shape index (κ3) is 3.42. The molecule has 0 aliphatic carbocycles. The lowest BCUT2D eigenvalue weighted by molar-refractivity contribution is -0.147.